The second-order valence-electron chi connectivity index (χ2n) is 10.4. The van der Waals surface area contributed by atoms with Crippen molar-refractivity contribution < 1.29 is 14.6 Å². The molecule has 4 fully saturated rings. The fourth-order valence-electron chi connectivity index (χ4n) is 8.26. The van der Waals surface area contributed by atoms with Crippen molar-refractivity contribution in [3.05, 3.63) is 0 Å². The first-order valence-electron chi connectivity index (χ1n) is 11.2. The zero-order valence-corrected chi connectivity index (χ0v) is 18.8. The zero-order chi connectivity index (χ0) is 19.4. The molecule has 9 atom stereocenters. The van der Waals surface area contributed by atoms with Crippen LogP contribution in [0.25, 0.3) is 0 Å². The van der Waals surface area contributed by atoms with Crippen LogP contribution in [-0.2, 0) is 9.53 Å². The van der Waals surface area contributed by atoms with E-state index in [-0.39, 0.29) is 23.5 Å². The number of fused-ring (bicyclic) bond motifs is 5. The summed E-state index contributed by atoms with van der Waals surface area (Å²) in [4.78, 5) is 12.6. The van der Waals surface area contributed by atoms with Gasteiger partial charge in [-0.15, -0.1) is 0 Å². The number of aliphatic hydroxyl groups is 1. The van der Waals surface area contributed by atoms with E-state index < -0.39 is 0 Å². The van der Waals surface area contributed by atoms with Crippen molar-refractivity contribution in [2.24, 2.45) is 40.4 Å². The smallest absolute Gasteiger partial charge is 0.147 e. The van der Waals surface area contributed by atoms with Gasteiger partial charge in [-0.1, -0.05) is 29.8 Å². The average molecular weight is 441 g/mol. The highest BCUT2D eigenvalue weighted by Gasteiger charge is 2.61. The number of Topliss-reactive ketones (excluding diaryl/α,β-unsaturated/α-hetero) is 1. The van der Waals surface area contributed by atoms with Gasteiger partial charge in [-0.25, -0.2) is 0 Å². The molecule has 27 heavy (non-hydrogen) atoms. The van der Waals surface area contributed by atoms with Crippen LogP contribution in [0.3, 0.4) is 0 Å². The van der Waals surface area contributed by atoms with Crippen LogP contribution in [0.15, 0.2) is 0 Å². The van der Waals surface area contributed by atoms with E-state index in [0.29, 0.717) is 35.0 Å². The van der Waals surface area contributed by atoms with Crippen LogP contribution in [0.5, 0.6) is 0 Å². The summed E-state index contributed by atoms with van der Waals surface area (Å²) in [6.07, 6.45) is 8.98. The second-order valence-corrected chi connectivity index (χ2v) is 11.0. The van der Waals surface area contributed by atoms with E-state index in [9.17, 15) is 9.90 Å². The van der Waals surface area contributed by atoms with Crippen molar-refractivity contribution in [2.45, 2.75) is 84.3 Å². The van der Waals surface area contributed by atoms with Gasteiger partial charge in [0.1, 0.15) is 5.78 Å². The molecular weight excluding hydrogens is 404 g/mol. The highest BCUT2D eigenvalue weighted by atomic mass is 79.9. The molecule has 3 nitrogen and oxygen atoms in total. The van der Waals surface area contributed by atoms with E-state index in [4.69, 9.17) is 4.74 Å². The second kappa shape index (κ2) is 7.40. The van der Waals surface area contributed by atoms with E-state index in [1.54, 1.807) is 0 Å². The molecule has 0 amide bonds. The van der Waals surface area contributed by atoms with Crippen LogP contribution >= 0.6 is 15.9 Å². The Morgan fingerprint density at radius 3 is 2.56 bits per heavy atom. The van der Waals surface area contributed by atoms with Gasteiger partial charge in [0.05, 0.1) is 17.5 Å². The van der Waals surface area contributed by atoms with Crippen molar-refractivity contribution >= 4 is 21.7 Å². The summed E-state index contributed by atoms with van der Waals surface area (Å²) >= 11 is 3.43. The summed E-state index contributed by atoms with van der Waals surface area (Å²) in [7, 11) is 0. The maximum Gasteiger partial charge on any atom is 0.147 e. The highest BCUT2D eigenvalue weighted by molar-refractivity contribution is 9.09. The molecule has 0 unspecified atom stereocenters. The first-order valence-corrected chi connectivity index (χ1v) is 12.4. The van der Waals surface area contributed by atoms with E-state index in [1.807, 2.05) is 6.92 Å². The third kappa shape index (κ3) is 3.08. The van der Waals surface area contributed by atoms with Crippen LogP contribution in [0.2, 0.25) is 0 Å². The largest absolute Gasteiger partial charge is 0.390 e. The maximum atomic E-state index is 12.6. The Morgan fingerprint density at radius 1 is 1.11 bits per heavy atom. The number of aliphatic hydroxyl groups excluding tert-OH is 1. The average Bonchev–Trinajstić information content (AvgIpc) is 2.99. The van der Waals surface area contributed by atoms with Gasteiger partial charge >= 0.3 is 0 Å². The summed E-state index contributed by atoms with van der Waals surface area (Å²) in [5.41, 5.74) is 0.504. The Morgan fingerprint density at radius 2 is 1.85 bits per heavy atom. The molecule has 4 saturated carbocycles. The Bertz CT molecular complexity index is 580. The van der Waals surface area contributed by atoms with Crippen molar-refractivity contribution in [1.29, 1.82) is 0 Å². The molecule has 0 aromatic heterocycles. The number of rotatable bonds is 4. The number of carbonyl (C=O) groups is 1. The fourth-order valence-corrected chi connectivity index (χ4v) is 8.65. The topological polar surface area (TPSA) is 46.5 Å². The molecule has 0 bridgehead atoms. The van der Waals surface area contributed by atoms with Gasteiger partial charge in [-0.2, -0.15) is 0 Å². The lowest BCUT2D eigenvalue weighted by molar-refractivity contribution is -0.171. The number of hydrogen-bond donors (Lipinski definition) is 1. The maximum absolute atomic E-state index is 12.6. The highest BCUT2D eigenvalue weighted by Crippen LogP contribution is 2.67. The Labute approximate surface area is 173 Å². The summed E-state index contributed by atoms with van der Waals surface area (Å²) < 4.78 is 5.96. The quantitative estimate of drug-likeness (QED) is 0.626. The van der Waals surface area contributed by atoms with Crippen molar-refractivity contribution in [3.8, 4) is 0 Å². The van der Waals surface area contributed by atoms with Crippen LogP contribution in [0.4, 0.5) is 0 Å². The molecule has 0 aromatic carbocycles. The van der Waals surface area contributed by atoms with Crippen LogP contribution < -0.4 is 0 Å². The van der Waals surface area contributed by atoms with Gasteiger partial charge < -0.3 is 9.84 Å². The number of carbonyl (C=O) groups excluding carboxylic acids is 1. The van der Waals surface area contributed by atoms with Gasteiger partial charge in [0.25, 0.3) is 0 Å². The normalized spacial score (nSPS) is 52.0. The summed E-state index contributed by atoms with van der Waals surface area (Å²) in [6, 6.07) is 0. The lowest BCUT2D eigenvalue weighted by atomic mass is 9.44. The van der Waals surface area contributed by atoms with Gasteiger partial charge in [0.15, 0.2) is 0 Å². The van der Waals surface area contributed by atoms with Crippen molar-refractivity contribution in [1.82, 2.24) is 0 Å². The van der Waals surface area contributed by atoms with Crippen molar-refractivity contribution in [2.75, 3.05) is 11.9 Å². The van der Waals surface area contributed by atoms with Crippen LogP contribution in [0.1, 0.15) is 72.1 Å². The molecule has 0 aromatic rings. The summed E-state index contributed by atoms with van der Waals surface area (Å²) in [5.74, 6) is 3.53. The molecule has 4 aliphatic carbocycles. The summed E-state index contributed by atoms with van der Waals surface area (Å²) in [5, 5.41) is 11.1. The monoisotopic (exact) mass is 440 g/mol. The molecular formula is C23H37BrO3. The molecule has 0 heterocycles. The fraction of sp³-hybridized carbons (Fsp3) is 0.957. The van der Waals surface area contributed by atoms with Crippen LogP contribution in [0, 0.1) is 40.4 Å². The molecule has 4 aliphatic rings. The lowest BCUT2D eigenvalue weighted by Crippen LogP contribution is -2.57. The first kappa shape index (κ1) is 20.3. The Hall–Kier alpha value is 0.0700. The van der Waals surface area contributed by atoms with Crippen molar-refractivity contribution in [3.63, 3.8) is 0 Å². The SMILES string of the molecule is CCO[C@H]1C[C@@]2(C)[C@@H](CC[C@@H]3[C@@H]2CC[C@]2(C)[C@@H](C(=O)CBr)CC[C@@H]32)C[C@@H]1O. The zero-order valence-electron chi connectivity index (χ0n) is 17.3. The number of ketones is 1. The predicted octanol–water partition coefficient (Wildman–Crippen LogP) is 4.99. The minimum Gasteiger partial charge on any atom is -0.390 e. The Kier molecular flexibility index (Phi) is 5.57. The van der Waals surface area contributed by atoms with Gasteiger partial charge in [-0.05, 0) is 92.8 Å². The first-order chi connectivity index (χ1) is 12.8. The molecule has 0 spiro atoms. The molecule has 4 heteroatoms. The molecule has 0 aliphatic heterocycles. The van der Waals surface area contributed by atoms with Gasteiger partial charge in [-0.3, -0.25) is 4.79 Å². The van der Waals surface area contributed by atoms with Gasteiger partial charge in [0.2, 0.25) is 0 Å². The number of alkyl halides is 1. The lowest BCUT2D eigenvalue weighted by Gasteiger charge is -2.61. The molecule has 0 radical (unpaired) electrons. The van der Waals surface area contributed by atoms with E-state index in [2.05, 4.69) is 29.8 Å². The predicted molar refractivity (Wildman–Crippen MR) is 111 cm³/mol. The third-order valence-electron chi connectivity index (χ3n) is 9.56. The number of halogens is 1. The van der Waals surface area contributed by atoms with E-state index in [1.165, 1.54) is 32.1 Å². The number of ether oxygens (including phenoxy) is 1. The molecule has 0 saturated heterocycles. The van der Waals surface area contributed by atoms with Gasteiger partial charge in [0, 0.05) is 12.5 Å². The molecule has 1 N–H and O–H groups in total. The molecule has 154 valence electrons. The third-order valence-corrected chi connectivity index (χ3v) is 10.1. The Balaban J connectivity index is 1.58. The minimum absolute atomic E-state index is 0.00890. The van der Waals surface area contributed by atoms with E-state index in [0.717, 1.165) is 31.1 Å². The van der Waals surface area contributed by atoms with E-state index >= 15 is 0 Å². The number of hydrogen-bond acceptors (Lipinski definition) is 3. The molecule has 4 rings (SSSR count). The minimum atomic E-state index is -0.291. The summed E-state index contributed by atoms with van der Waals surface area (Å²) in [6.45, 7) is 7.66. The van der Waals surface area contributed by atoms with Crippen LogP contribution in [-0.4, -0.2) is 35.0 Å². The standard InChI is InChI=1S/C23H37BrO3/c1-4-27-21-12-23(3)14(11-19(21)25)5-6-15-16-7-8-18(20(26)13-24)22(16,2)10-9-17(15)23/h14-19,21,25H,4-13H2,1-3H3/t14-,15-,16-,17-,18+,19-,21-,22-,23-/m0/s1.